The van der Waals surface area contributed by atoms with Gasteiger partial charge in [-0.3, -0.25) is 29.4 Å². The Labute approximate surface area is 237 Å². The Morgan fingerprint density at radius 3 is 2.02 bits per heavy atom. The molecule has 13 heteroatoms. The van der Waals surface area contributed by atoms with Crippen LogP contribution in [-0.2, 0) is 24.4 Å². The third-order valence-electron chi connectivity index (χ3n) is 5.94. The number of thioether (sulfide) groups is 1. The first-order valence-corrected chi connectivity index (χ1v) is 14.0. The van der Waals surface area contributed by atoms with Gasteiger partial charge >= 0.3 is 13.1 Å². The zero-order valence-electron chi connectivity index (χ0n) is 22.0. The first kappa shape index (κ1) is 31.2. The predicted molar refractivity (Wildman–Crippen MR) is 152 cm³/mol. The van der Waals surface area contributed by atoms with Gasteiger partial charge in [0.1, 0.15) is 0 Å². The minimum atomic E-state index is -1.62. The van der Waals surface area contributed by atoms with Gasteiger partial charge in [0.15, 0.2) is 0 Å². The fourth-order valence-electron chi connectivity index (χ4n) is 3.95. The first-order chi connectivity index (χ1) is 19.3. The van der Waals surface area contributed by atoms with Crippen molar-refractivity contribution in [2.45, 2.75) is 50.1 Å². The van der Waals surface area contributed by atoms with Crippen LogP contribution in [0.4, 0.5) is 0 Å². The van der Waals surface area contributed by atoms with Gasteiger partial charge in [0.2, 0.25) is 0 Å². The van der Waals surface area contributed by atoms with E-state index >= 15 is 0 Å². The molecule has 3 rings (SSSR count). The van der Waals surface area contributed by atoms with Crippen molar-refractivity contribution in [3.8, 4) is 0 Å². The monoisotopic (exact) mass is 567 g/mol. The molecule has 11 nitrogen and oxygen atoms in total. The van der Waals surface area contributed by atoms with E-state index < -0.39 is 30.8 Å². The van der Waals surface area contributed by atoms with E-state index in [-0.39, 0.29) is 25.3 Å². The number of rotatable bonds is 17. The van der Waals surface area contributed by atoms with Gasteiger partial charge in [-0.2, -0.15) is 11.8 Å². The van der Waals surface area contributed by atoms with Crippen LogP contribution < -0.4 is 5.32 Å². The average molecular weight is 567 g/mol. The normalized spacial score (nSPS) is 12.6. The number of hydrogen-bond acceptors (Lipinski definition) is 10. The molecule has 0 spiro atoms. The quantitative estimate of drug-likeness (QED) is 0.118. The van der Waals surface area contributed by atoms with Crippen molar-refractivity contribution in [1.82, 2.24) is 25.2 Å². The number of aliphatic hydroxyl groups is 1. The molecule has 3 aromatic rings. The van der Waals surface area contributed by atoms with Gasteiger partial charge in [-0.25, -0.2) is 0 Å². The number of carbonyl (C=O) groups is 2. The molecular weight excluding hydrogens is 533 g/mol. The second-order valence-electron chi connectivity index (χ2n) is 9.23. The molecule has 2 unspecified atom stereocenters. The molecule has 0 fully saturated rings. The Morgan fingerprint density at radius 1 is 0.900 bits per heavy atom. The van der Waals surface area contributed by atoms with Crippen molar-refractivity contribution in [2.24, 2.45) is 0 Å². The van der Waals surface area contributed by atoms with E-state index in [2.05, 4.69) is 25.2 Å². The van der Waals surface area contributed by atoms with Crippen molar-refractivity contribution in [1.29, 1.82) is 0 Å². The lowest BCUT2D eigenvalue weighted by Gasteiger charge is -2.21. The minimum Gasteiger partial charge on any atom is -0.481 e. The third-order valence-corrected chi connectivity index (χ3v) is 7.29. The molecule has 0 aromatic carbocycles. The molecule has 0 saturated heterocycles. The van der Waals surface area contributed by atoms with Gasteiger partial charge in [0, 0.05) is 55.7 Å². The molecule has 1 amide bonds. The van der Waals surface area contributed by atoms with E-state index in [1.807, 2.05) is 42.5 Å². The molecule has 0 bridgehead atoms. The topological polar surface area (TPSA) is 169 Å². The van der Waals surface area contributed by atoms with Crippen LogP contribution in [0.5, 0.6) is 0 Å². The summed E-state index contributed by atoms with van der Waals surface area (Å²) in [6, 6.07) is 15.1. The van der Waals surface area contributed by atoms with Crippen molar-refractivity contribution >= 4 is 30.8 Å². The third kappa shape index (κ3) is 11.4. The fraction of sp³-hybridized carbons (Fsp3) is 0.370. The molecule has 212 valence electrons. The molecule has 0 radical (unpaired) electrons. The van der Waals surface area contributed by atoms with Crippen LogP contribution in [-0.4, -0.2) is 82.7 Å². The molecule has 3 heterocycles. The van der Waals surface area contributed by atoms with Gasteiger partial charge in [-0.15, -0.1) is 0 Å². The van der Waals surface area contributed by atoms with Crippen LogP contribution >= 0.6 is 11.8 Å². The van der Waals surface area contributed by atoms with Crippen LogP contribution in [0.3, 0.4) is 0 Å². The lowest BCUT2D eigenvalue weighted by atomic mass is 9.82. The van der Waals surface area contributed by atoms with Crippen LogP contribution in [0.15, 0.2) is 67.1 Å². The Kier molecular flexibility index (Phi) is 13.0. The molecule has 0 aliphatic heterocycles. The minimum absolute atomic E-state index is 0.132. The zero-order chi connectivity index (χ0) is 28.7. The largest absolute Gasteiger partial charge is 0.481 e. The predicted octanol–water partition coefficient (Wildman–Crippen LogP) is 1.53. The van der Waals surface area contributed by atoms with Gasteiger partial charge in [-0.05, 0) is 49.2 Å². The summed E-state index contributed by atoms with van der Waals surface area (Å²) >= 11 is 1.23. The SMILES string of the molecule is O=C(O)CC(O)CCC(SCCNC(=O)c1ccc(CN(Cc2ccccn2)Cc2ccccn2)nc1)B(O)O. The summed E-state index contributed by atoms with van der Waals surface area (Å²) in [5.74, 6) is -1.00. The van der Waals surface area contributed by atoms with Crippen molar-refractivity contribution in [2.75, 3.05) is 12.3 Å². The highest BCUT2D eigenvalue weighted by Crippen LogP contribution is 2.19. The molecular formula is C27H34BN5O6S. The van der Waals surface area contributed by atoms with Crippen LogP contribution in [0.2, 0.25) is 0 Å². The maximum Gasteiger partial charge on any atom is 0.465 e. The maximum atomic E-state index is 12.6. The standard InChI is InChI=1S/C27H34BN5O6S/c34-24(15-26(35)36)9-10-25(28(38)39)40-14-13-31-27(37)20-7-8-23(32-16-20)19-33(17-21-5-1-3-11-29-21)18-22-6-2-4-12-30-22/h1-8,11-12,16,24-25,34,38-39H,9-10,13-15,17-19H2,(H,31,37)(H,35,36). The van der Waals surface area contributed by atoms with E-state index in [0.717, 1.165) is 17.1 Å². The number of nitrogens with one attached hydrogen (secondary N) is 1. The van der Waals surface area contributed by atoms with E-state index in [4.69, 9.17) is 5.11 Å². The first-order valence-electron chi connectivity index (χ1n) is 12.9. The lowest BCUT2D eigenvalue weighted by Crippen LogP contribution is -2.32. The van der Waals surface area contributed by atoms with E-state index in [0.29, 0.717) is 31.0 Å². The molecule has 2 atom stereocenters. The summed E-state index contributed by atoms with van der Waals surface area (Å²) in [6.07, 6.45) is 3.97. The molecule has 40 heavy (non-hydrogen) atoms. The number of carbonyl (C=O) groups excluding carboxylic acids is 1. The maximum absolute atomic E-state index is 12.6. The van der Waals surface area contributed by atoms with E-state index in [1.54, 1.807) is 18.5 Å². The number of carboxylic acid groups (broad SMARTS) is 1. The highest BCUT2D eigenvalue weighted by atomic mass is 32.2. The Morgan fingerprint density at radius 2 is 1.52 bits per heavy atom. The number of nitrogens with zero attached hydrogens (tertiary/aromatic N) is 4. The van der Waals surface area contributed by atoms with Gasteiger partial charge in [-0.1, -0.05) is 12.1 Å². The van der Waals surface area contributed by atoms with Gasteiger partial charge < -0.3 is 25.6 Å². The van der Waals surface area contributed by atoms with E-state index in [1.165, 1.54) is 18.0 Å². The summed E-state index contributed by atoms with van der Waals surface area (Å²) in [4.78, 5) is 38.8. The number of pyridine rings is 3. The number of hydrogen-bond donors (Lipinski definition) is 5. The van der Waals surface area contributed by atoms with Gasteiger partial charge in [0.25, 0.3) is 5.91 Å². The second-order valence-corrected chi connectivity index (χ2v) is 10.6. The lowest BCUT2D eigenvalue weighted by molar-refractivity contribution is -0.139. The Hall–Kier alpha value is -3.36. The molecule has 0 aliphatic rings. The summed E-state index contributed by atoms with van der Waals surface area (Å²) in [6.45, 7) is 2.05. The molecule has 5 N–H and O–H groups in total. The Bertz CT molecular complexity index is 1140. The molecule has 3 aromatic heterocycles. The Balaban J connectivity index is 1.48. The smallest absolute Gasteiger partial charge is 0.465 e. The van der Waals surface area contributed by atoms with Gasteiger partial charge in [0.05, 0.1) is 35.2 Å². The summed E-state index contributed by atoms with van der Waals surface area (Å²) in [5, 5.41) is 39.8. The number of aliphatic hydroxyl groups excluding tert-OH is 1. The van der Waals surface area contributed by atoms with Crippen LogP contribution in [0, 0.1) is 0 Å². The highest BCUT2D eigenvalue weighted by Gasteiger charge is 2.25. The number of aromatic nitrogens is 3. The molecule has 0 saturated carbocycles. The van der Waals surface area contributed by atoms with Crippen molar-refractivity contribution < 1.29 is 29.9 Å². The van der Waals surface area contributed by atoms with E-state index in [9.17, 15) is 24.7 Å². The van der Waals surface area contributed by atoms with Crippen LogP contribution in [0.1, 0.15) is 46.7 Å². The van der Waals surface area contributed by atoms with Crippen molar-refractivity contribution in [3.63, 3.8) is 0 Å². The number of carboxylic acids is 1. The molecule has 0 aliphatic carbocycles. The highest BCUT2D eigenvalue weighted by molar-refractivity contribution is 8.01. The number of aliphatic carboxylic acids is 1. The van der Waals surface area contributed by atoms with Crippen molar-refractivity contribution in [3.05, 3.63) is 89.8 Å². The fourth-order valence-corrected chi connectivity index (χ4v) is 4.94. The second kappa shape index (κ2) is 16.7. The zero-order valence-corrected chi connectivity index (χ0v) is 22.9. The summed E-state index contributed by atoms with van der Waals surface area (Å²) < 4.78 is 0. The van der Waals surface area contributed by atoms with Crippen LogP contribution in [0.25, 0.3) is 0 Å². The average Bonchev–Trinajstić information content (AvgIpc) is 2.93. The summed E-state index contributed by atoms with van der Waals surface area (Å²) in [5.41, 5.74) is 3.06. The summed E-state index contributed by atoms with van der Waals surface area (Å²) in [7, 11) is -1.62. The number of amides is 1.